The maximum absolute atomic E-state index is 12.2. The lowest BCUT2D eigenvalue weighted by atomic mass is 10.1. The van der Waals surface area contributed by atoms with Gasteiger partial charge in [0.2, 0.25) is 5.91 Å². The first-order chi connectivity index (χ1) is 11.3. The van der Waals surface area contributed by atoms with E-state index in [1.54, 1.807) is 24.3 Å². The van der Waals surface area contributed by atoms with Crippen LogP contribution in [0.15, 0.2) is 30.3 Å². The summed E-state index contributed by atoms with van der Waals surface area (Å²) in [5.41, 5.74) is 2.46. The summed E-state index contributed by atoms with van der Waals surface area (Å²) in [4.78, 5) is 35.9. The fourth-order valence-electron chi connectivity index (χ4n) is 2.01. The zero-order chi connectivity index (χ0) is 17.7. The molecule has 2 rings (SSSR count). The van der Waals surface area contributed by atoms with Crippen LogP contribution in [0.3, 0.4) is 0 Å². The maximum Gasteiger partial charge on any atom is 0.322 e. The van der Waals surface area contributed by atoms with Crippen molar-refractivity contribution in [3.8, 4) is 0 Å². The Kier molecular flexibility index (Phi) is 5.70. The van der Waals surface area contributed by atoms with Crippen molar-refractivity contribution in [2.45, 2.75) is 20.3 Å². The Morgan fingerprint density at radius 1 is 1.12 bits per heavy atom. The number of carbonyl (C=O) groups is 3. The van der Waals surface area contributed by atoms with Gasteiger partial charge in [0.1, 0.15) is 6.54 Å². The van der Waals surface area contributed by atoms with Crippen LogP contribution in [0.4, 0.5) is 5.69 Å². The number of carboxylic acid groups (broad SMARTS) is 1. The molecule has 0 atom stereocenters. The Bertz CT molecular complexity index is 746. The number of aryl methyl sites for hydroxylation is 2. The molecule has 24 heavy (non-hydrogen) atoms. The second-order valence-corrected chi connectivity index (χ2v) is 6.60. The highest BCUT2D eigenvalue weighted by Crippen LogP contribution is 2.22. The van der Waals surface area contributed by atoms with Crippen LogP contribution in [0.25, 0.3) is 0 Å². The fraction of sp³-hybridized carbons (Fsp3) is 0.235. The molecule has 7 heteroatoms. The Hall–Kier alpha value is -2.67. The van der Waals surface area contributed by atoms with E-state index < -0.39 is 12.5 Å². The van der Waals surface area contributed by atoms with Gasteiger partial charge in [0, 0.05) is 10.6 Å². The summed E-state index contributed by atoms with van der Waals surface area (Å²) >= 11 is 1.45. The predicted molar refractivity (Wildman–Crippen MR) is 92.5 cm³/mol. The number of rotatable bonds is 6. The van der Waals surface area contributed by atoms with Gasteiger partial charge in [0.05, 0.1) is 11.3 Å². The number of carbonyl (C=O) groups excluding carboxylic acids is 2. The summed E-state index contributed by atoms with van der Waals surface area (Å²) in [6, 6.07) is 8.73. The van der Waals surface area contributed by atoms with Crippen LogP contribution in [-0.2, 0) is 16.0 Å². The molecule has 1 aromatic carbocycles. The predicted octanol–water partition coefficient (Wildman–Crippen LogP) is 2.36. The maximum atomic E-state index is 12.2. The SMILES string of the molecule is Cc1cc(C(=O)Nc2ccc(CC(=O)NCC(=O)O)cc2)sc1C. The highest BCUT2D eigenvalue weighted by Gasteiger charge is 2.11. The molecule has 2 aromatic rings. The normalized spacial score (nSPS) is 10.2. The number of benzene rings is 1. The largest absolute Gasteiger partial charge is 0.480 e. The Balaban J connectivity index is 1.93. The first kappa shape index (κ1) is 17.7. The Morgan fingerprint density at radius 3 is 2.33 bits per heavy atom. The molecule has 0 aliphatic rings. The van der Waals surface area contributed by atoms with E-state index in [0.717, 1.165) is 16.0 Å². The lowest BCUT2D eigenvalue weighted by Crippen LogP contribution is -2.30. The Labute approximate surface area is 143 Å². The van der Waals surface area contributed by atoms with E-state index in [9.17, 15) is 14.4 Å². The molecule has 0 saturated carbocycles. The number of hydrogen-bond acceptors (Lipinski definition) is 4. The standard InChI is InChI=1S/C17H18N2O4S/c1-10-7-14(24-11(10)2)17(23)19-13-5-3-12(4-6-13)8-15(20)18-9-16(21)22/h3-7H,8-9H2,1-2H3,(H,18,20)(H,19,23)(H,21,22). The highest BCUT2D eigenvalue weighted by atomic mass is 32.1. The van der Waals surface area contributed by atoms with Crippen molar-refractivity contribution in [3.63, 3.8) is 0 Å². The molecule has 1 heterocycles. The van der Waals surface area contributed by atoms with Crippen molar-refractivity contribution in [2.24, 2.45) is 0 Å². The lowest BCUT2D eigenvalue weighted by molar-refractivity contribution is -0.137. The van der Waals surface area contributed by atoms with E-state index in [0.29, 0.717) is 10.6 Å². The zero-order valence-electron chi connectivity index (χ0n) is 13.4. The summed E-state index contributed by atoms with van der Waals surface area (Å²) in [7, 11) is 0. The van der Waals surface area contributed by atoms with Crippen LogP contribution in [0, 0.1) is 13.8 Å². The van der Waals surface area contributed by atoms with Gasteiger partial charge in [0.25, 0.3) is 5.91 Å². The van der Waals surface area contributed by atoms with Crippen LogP contribution < -0.4 is 10.6 Å². The minimum Gasteiger partial charge on any atom is -0.480 e. The number of nitrogens with one attached hydrogen (secondary N) is 2. The molecule has 6 nitrogen and oxygen atoms in total. The molecule has 0 spiro atoms. The molecular weight excluding hydrogens is 328 g/mol. The lowest BCUT2D eigenvalue weighted by Gasteiger charge is -2.06. The van der Waals surface area contributed by atoms with Crippen molar-refractivity contribution in [2.75, 3.05) is 11.9 Å². The first-order valence-electron chi connectivity index (χ1n) is 7.31. The molecule has 0 aliphatic carbocycles. The van der Waals surface area contributed by atoms with Crippen LogP contribution in [0.2, 0.25) is 0 Å². The highest BCUT2D eigenvalue weighted by molar-refractivity contribution is 7.14. The third-order valence-corrected chi connectivity index (χ3v) is 4.55. The van der Waals surface area contributed by atoms with Gasteiger partial charge in [-0.25, -0.2) is 0 Å². The first-order valence-corrected chi connectivity index (χ1v) is 8.12. The van der Waals surface area contributed by atoms with E-state index in [4.69, 9.17) is 5.11 Å². The van der Waals surface area contributed by atoms with Crippen LogP contribution in [-0.4, -0.2) is 29.4 Å². The molecule has 3 N–H and O–H groups in total. The third kappa shape index (κ3) is 4.92. The van der Waals surface area contributed by atoms with Gasteiger partial charge in [0.15, 0.2) is 0 Å². The van der Waals surface area contributed by atoms with Gasteiger partial charge in [-0.1, -0.05) is 12.1 Å². The molecule has 2 amide bonds. The molecule has 0 fully saturated rings. The average molecular weight is 346 g/mol. The van der Waals surface area contributed by atoms with Gasteiger partial charge in [-0.3, -0.25) is 14.4 Å². The molecular formula is C17H18N2O4S. The van der Waals surface area contributed by atoms with Gasteiger partial charge in [-0.05, 0) is 43.2 Å². The number of aliphatic carboxylic acids is 1. The minimum atomic E-state index is -1.08. The molecule has 0 unspecified atom stereocenters. The van der Waals surface area contributed by atoms with Crippen molar-refractivity contribution in [1.29, 1.82) is 0 Å². The minimum absolute atomic E-state index is 0.0881. The molecule has 0 bridgehead atoms. The summed E-state index contributed by atoms with van der Waals surface area (Å²) in [6.45, 7) is 3.54. The Morgan fingerprint density at radius 2 is 1.79 bits per heavy atom. The van der Waals surface area contributed by atoms with E-state index in [1.807, 2.05) is 19.9 Å². The fourth-order valence-corrected chi connectivity index (χ4v) is 2.93. The van der Waals surface area contributed by atoms with Crippen LogP contribution in [0.5, 0.6) is 0 Å². The molecule has 0 aliphatic heterocycles. The summed E-state index contributed by atoms with van der Waals surface area (Å²) in [6.07, 6.45) is 0.0881. The van der Waals surface area contributed by atoms with E-state index >= 15 is 0 Å². The van der Waals surface area contributed by atoms with Crippen LogP contribution in [0.1, 0.15) is 25.7 Å². The van der Waals surface area contributed by atoms with Gasteiger partial charge < -0.3 is 15.7 Å². The van der Waals surface area contributed by atoms with Crippen molar-refractivity contribution < 1.29 is 19.5 Å². The summed E-state index contributed by atoms with van der Waals surface area (Å²) < 4.78 is 0. The molecule has 0 saturated heterocycles. The average Bonchev–Trinajstić information content (AvgIpc) is 2.87. The molecule has 0 radical (unpaired) electrons. The van der Waals surface area contributed by atoms with E-state index in [1.165, 1.54) is 11.3 Å². The zero-order valence-corrected chi connectivity index (χ0v) is 14.2. The number of carboxylic acids is 1. The van der Waals surface area contributed by atoms with Gasteiger partial charge in [-0.15, -0.1) is 11.3 Å². The number of thiophene rings is 1. The topological polar surface area (TPSA) is 95.5 Å². The second-order valence-electron chi connectivity index (χ2n) is 5.35. The molecule has 1 aromatic heterocycles. The number of hydrogen-bond donors (Lipinski definition) is 3. The summed E-state index contributed by atoms with van der Waals surface area (Å²) in [5.74, 6) is -1.61. The van der Waals surface area contributed by atoms with Crippen LogP contribution >= 0.6 is 11.3 Å². The third-order valence-electron chi connectivity index (χ3n) is 3.40. The smallest absolute Gasteiger partial charge is 0.322 e. The van der Waals surface area contributed by atoms with Gasteiger partial charge in [-0.2, -0.15) is 0 Å². The monoisotopic (exact) mass is 346 g/mol. The van der Waals surface area contributed by atoms with Crippen molar-refractivity contribution in [3.05, 3.63) is 51.2 Å². The quantitative estimate of drug-likeness (QED) is 0.748. The van der Waals surface area contributed by atoms with E-state index in [-0.39, 0.29) is 18.2 Å². The number of anilines is 1. The van der Waals surface area contributed by atoms with Crippen molar-refractivity contribution >= 4 is 34.8 Å². The van der Waals surface area contributed by atoms with Gasteiger partial charge >= 0.3 is 5.97 Å². The van der Waals surface area contributed by atoms with Crippen molar-refractivity contribution in [1.82, 2.24) is 5.32 Å². The molecule has 126 valence electrons. The summed E-state index contributed by atoms with van der Waals surface area (Å²) in [5, 5.41) is 13.6. The second kappa shape index (κ2) is 7.74. The number of amides is 2. The van der Waals surface area contributed by atoms with E-state index in [2.05, 4.69) is 10.6 Å².